The highest BCUT2D eigenvalue weighted by molar-refractivity contribution is 5.53. The molecule has 4 heteroatoms. The molecule has 1 N–H and O–H groups in total. The third-order valence-electron chi connectivity index (χ3n) is 1.65. The molecule has 0 aromatic heterocycles. The second-order valence-corrected chi connectivity index (χ2v) is 3.00. The van der Waals surface area contributed by atoms with Gasteiger partial charge in [0, 0.05) is 26.7 Å². The predicted molar refractivity (Wildman–Crippen MR) is 44.5 cm³/mol. The van der Waals surface area contributed by atoms with Crippen molar-refractivity contribution >= 4 is 12.9 Å². The molecule has 11 heavy (non-hydrogen) atoms. The van der Waals surface area contributed by atoms with Crippen LogP contribution < -0.4 is 5.16 Å². The van der Waals surface area contributed by atoms with Gasteiger partial charge in [-0.2, -0.15) is 0 Å². The van der Waals surface area contributed by atoms with Crippen LogP contribution in [-0.4, -0.2) is 23.2 Å². The van der Waals surface area contributed by atoms with Gasteiger partial charge in [0.1, 0.15) is 6.72 Å². The quantitative estimate of drug-likeness (QED) is 0.221. The summed E-state index contributed by atoms with van der Waals surface area (Å²) in [4.78, 5) is 0. The van der Waals surface area contributed by atoms with E-state index >= 15 is 0 Å². The van der Waals surface area contributed by atoms with Gasteiger partial charge in [-0.15, -0.1) is 0 Å². The maximum absolute atomic E-state index is 10.8. The number of hydroxylamine groups is 1. The molecule has 0 radical (unpaired) electrons. The Bertz CT molecular complexity index is 164. The molecule has 0 atom stereocenters. The molecule has 0 saturated carbocycles. The lowest BCUT2D eigenvalue weighted by Crippen LogP contribution is -2.56. The lowest BCUT2D eigenvalue weighted by Gasteiger charge is -2.16. The van der Waals surface area contributed by atoms with Crippen molar-refractivity contribution in [3.8, 4) is 0 Å². The van der Waals surface area contributed by atoms with Gasteiger partial charge >= 0.3 is 0 Å². The summed E-state index contributed by atoms with van der Waals surface area (Å²) in [6.07, 6.45) is 3.65. The van der Waals surface area contributed by atoms with E-state index in [0.717, 1.165) is 17.6 Å². The maximum atomic E-state index is 10.8. The highest BCUT2D eigenvalue weighted by atomic mass is 16.5. The van der Waals surface area contributed by atoms with Gasteiger partial charge in [0.25, 0.3) is 0 Å². The molecule has 1 rings (SSSR count). The van der Waals surface area contributed by atoms with Gasteiger partial charge in [-0.3, -0.25) is 0 Å². The molecule has 0 aromatic carbocycles. The number of rotatable bonds is 0. The normalized spacial score (nSPS) is 19.6. The summed E-state index contributed by atoms with van der Waals surface area (Å²) in [6.45, 7) is 6.60. The van der Waals surface area contributed by atoms with Crippen LogP contribution in [0, 0.1) is 10.4 Å². The van der Waals surface area contributed by atoms with Crippen LogP contribution in [0.2, 0.25) is 0 Å². The Morgan fingerprint density at radius 1 is 1.64 bits per heavy atom. The Balaban J connectivity index is 0.000000292. The van der Waals surface area contributed by atoms with E-state index in [1.165, 1.54) is 5.16 Å². The molecule has 4 nitrogen and oxygen atoms in total. The van der Waals surface area contributed by atoms with Crippen molar-refractivity contribution in [1.29, 1.82) is 0 Å². The van der Waals surface area contributed by atoms with Crippen molar-refractivity contribution in [2.45, 2.75) is 32.2 Å². The molecule has 0 fully saturated rings. The fourth-order valence-electron chi connectivity index (χ4n) is 0.892. The Morgan fingerprint density at radius 3 is 2.18 bits per heavy atom. The number of nitrogens with zero attached hydrogens (tertiary/aromatic N) is 1. The highest BCUT2D eigenvalue weighted by Crippen LogP contribution is 2.19. The van der Waals surface area contributed by atoms with Crippen molar-refractivity contribution in [3.63, 3.8) is 0 Å². The van der Waals surface area contributed by atoms with Gasteiger partial charge in [-0.1, -0.05) is 0 Å². The van der Waals surface area contributed by atoms with Gasteiger partial charge < -0.3 is 10.4 Å². The average Bonchev–Trinajstić information content (AvgIpc) is 2.14. The molecule has 64 valence electrons. The molecule has 0 aliphatic carbocycles. The van der Waals surface area contributed by atoms with E-state index in [1.54, 1.807) is 6.21 Å². The van der Waals surface area contributed by atoms with E-state index < -0.39 is 0 Å². The molecule has 0 amide bonds. The van der Waals surface area contributed by atoms with Crippen molar-refractivity contribution < 1.29 is 9.89 Å². The van der Waals surface area contributed by atoms with Crippen molar-refractivity contribution in [3.05, 3.63) is 10.4 Å². The largest absolute Gasteiger partial charge is 0.626 e. The van der Waals surface area contributed by atoms with Crippen molar-refractivity contribution in [2.75, 3.05) is 0 Å². The Hall–Kier alpha value is -1.06. The molecule has 0 unspecified atom stereocenters. The van der Waals surface area contributed by atoms with E-state index in [4.69, 9.17) is 5.21 Å². The fraction of sp³-hybridized carbons (Fsp3) is 0.714. The zero-order valence-corrected chi connectivity index (χ0v) is 6.96. The molecular weight excluding hydrogens is 144 g/mol. The van der Waals surface area contributed by atoms with Crippen molar-refractivity contribution in [1.82, 2.24) is 0 Å². The molecule has 0 bridgehead atoms. The Labute approximate surface area is 66.4 Å². The van der Waals surface area contributed by atoms with Gasteiger partial charge in [-0.25, -0.2) is 9.89 Å². The number of nitrogens with one attached hydrogen (secondary N) is 1. The Morgan fingerprint density at radius 2 is 2.09 bits per heavy atom. The molecule has 0 aromatic rings. The summed E-state index contributed by atoms with van der Waals surface area (Å²) < 4.78 is 1.05. The minimum absolute atomic E-state index is 0.125. The van der Waals surface area contributed by atoms with Crippen LogP contribution in [0.3, 0.4) is 0 Å². The summed E-state index contributed by atoms with van der Waals surface area (Å²) in [7, 11) is 0. The molecule has 1 aliphatic heterocycles. The average molecular weight is 158 g/mol. The number of hydrogen-bond donors (Lipinski definition) is 1. The topological polar surface area (TPSA) is 63.1 Å². The zero-order chi connectivity index (χ0) is 8.91. The van der Waals surface area contributed by atoms with E-state index in [9.17, 15) is 5.21 Å². The first-order valence-electron chi connectivity index (χ1n) is 3.48. The second kappa shape index (κ2) is 3.95. The van der Waals surface area contributed by atoms with E-state index in [0.29, 0.717) is 0 Å². The van der Waals surface area contributed by atoms with Crippen LogP contribution in [0.4, 0.5) is 0 Å². The standard InChI is InChI=1S/C6H11NO.CH3NO/c1-6(2)4-3-5-7(6)8;1-2-3/h5H,3-4H2,1-2H3;2H,1H2. The first-order chi connectivity index (χ1) is 5.04. The maximum Gasteiger partial charge on any atom is 0.167 e. The smallest absolute Gasteiger partial charge is 0.167 e. The summed E-state index contributed by atoms with van der Waals surface area (Å²) in [5, 5.41) is 20.6. The molecule has 1 aliphatic rings. The summed E-state index contributed by atoms with van der Waals surface area (Å²) in [5.41, 5.74) is -0.125. The first kappa shape index (κ1) is 9.94. The van der Waals surface area contributed by atoms with Crippen LogP contribution in [0.1, 0.15) is 26.7 Å². The van der Waals surface area contributed by atoms with Gasteiger partial charge in [0.2, 0.25) is 0 Å². The van der Waals surface area contributed by atoms with Crippen molar-refractivity contribution in [2.24, 2.45) is 0 Å². The molecule has 1 heterocycles. The van der Waals surface area contributed by atoms with E-state index in [1.807, 2.05) is 13.8 Å². The Kier molecular flexibility index (Phi) is 3.57. The lowest BCUT2D eigenvalue weighted by atomic mass is 10.0. The third kappa shape index (κ3) is 3.02. The van der Waals surface area contributed by atoms with Crippen LogP contribution in [-0.2, 0) is 0 Å². The molecule has 0 spiro atoms. The molecule has 0 saturated heterocycles. The second-order valence-electron chi connectivity index (χ2n) is 3.00. The fourth-order valence-corrected chi connectivity index (χ4v) is 0.892. The SMILES string of the molecule is C=[NH+][O-].CC1(C)CCC=[N+]1[O-]. The summed E-state index contributed by atoms with van der Waals surface area (Å²) >= 11 is 0. The van der Waals surface area contributed by atoms with Gasteiger partial charge in [-0.05, 0) is 0 Å². The van der Waals surface area contributed by atoms with Crippen LogP contribution >= 0.6 is 0 Å². The third-order valence-corrected chi connectivity index (χ3v) is 1.65. The van der Waals surface area contributed by atoms with Crippen LogP contribution in [0.25, 0.3) is 0 Å². The minimum atomic E-state index is -0.125. The summed E-state index contributed by atoms with van der Waals surface area (Å²) in [5.74, 6) is 0. The monoisotopic (exact) mass is 158 g/mol. The predicted octanol–water partition coefficient (Wildman–Crippen LogP) is -0.595. The first-order valence-corrected chi connectivity index (χ1v) is 3.48. The highest BCUT2D eigenvalue weighted by Gasteiger charge is 2.29. The van der Waals surface area contributed by atoms with Crippen LogP contribution in [0.5, 0.6) is 0 Å². The van der Waals surface area contributed by atoms with E-state index in [-0.39, 0.29) is 5.54 Å². The minimum Gasteiger partial charge on any atom is -0.626 e. The van der Waals surface area contributed by atoms with E-state index in [2.05, 4.69) is 6.72 Å². The van der Waals surface area contributed by atoms with Gasteiger partial charge in [0.15, 0.2) is 11.8 Å². The zero-order valence-electron chi connectivity index (χ0n) is 6.96. The summed E-state index contributed by atoms with van der Waals surface area (Å²) in [6, 6.07) is 0. The molecular formula is C7H14N2O2. The van der Waals surface area contributed by atoms with Crippen LogP contribution in [0.15, 0.2) is 0 Å². The number of hydrogen-bond acceptors (Lipinski definition) is 2. The lowest BCUT2D eigenvalue weighted by molar-refractivity contribution is -0.527. The van der Waals surface area contributed by atoms with Gasteiger partial charge in [0.05, 0.1) is 0 Å².